The van der Waals surface area contributed by atoms with Gasteiger partial charge in [0.05, 0.1) is 12.6 Å². The van der Waals surface area contributed by atoms with Crippen LogP contribution in [-0.2, 0) is 11.2 Å². The van der Waals surface area contributed by atoms with Gasteiger partial charge in [-0.05, 0) is 48.7 Å². The first-order valence-corrected chi connectivity index (χ1v) is 9.66. The van der Waals surface area contributed by atoms with Crippen LogP contribution < -0.4 is 10.2 Å². The molecule has 0 aromatic heterocycles. The van der Waals surface area contributed by atoms with Crippen LogP contribution in [0.2, 0.25) is 0 Å². The Morgan fingerprint density at radius 1 is 1.04 bits per heavy atom. The topological polar surface area (TPSA) is 35.6 Å². The zero-order chi connectivity index (χ0) is 19.2. The molecule has 1 fully saturated rings. The van der Waals surface area contributed by atoms with Gasteiger partial charge in [-0.25, -0.2) is 4.39 Å². The summed E-state index contributed by atoms with van der Waals surface area (Å²) in [6.07, 6.45) is 1.02. The second kappa shape index (κ2) is 9.00. The highest BCUT2D eigenvalue weighted by Gasteiger charge is 2.20. The van der Waals surface area contributed by atoms with E-state index >= 15 is 0 Å². The zero-order valence-corrected chi connectivity index (χ0v) is 16.1. The molecule has 27 heavy (non-hydrogen) atoms. The molecular weight excluding hydrogens is 341 g/mol. The van der Waals surface area contributed by atoms with E-state index in [1.807, 2.05) is 19.1 Å². The molecule has 5 heteroatoms. The lowest BCUT2D eigenvalue weighted by atomic mass is 10.1. The molecule has 2 aromatic rings. The number of anilines is 1. The zero-order valence-electron chi connectivity index (χ0n) is 16.1. The van der Waals surface area contributed by atoms with Crippen molar-refractivity contribution in [2.24, 2.45) is 0 Å². The third-order valence-corrected chi connectivity index (χ3v) is 5.20. The molecular formula is C22H28FN3O. The highest BCUT2D eigenvalue weighted by Crippen LogP contribution is 2.17. The van der Waals surface area contributed by atoms with E-state index in [-0.39, 0.29) is 17.8 Å². The third kappa shape index (κ3) is 5.30. The summed E-state index contributed by atoms with van der Waals surface area (Å²) < 4.78 is 13.1. The Morgan fingerprint density at radius 2 is 1.67 bits per heavy atom. The van der Waals surface area contributed by atoms with Crippen molar-refractivity contribution in [1.82, 2.24) is 10.2 Å². The number of carbonyl (C=O) groups is 1. The van der Waals surface area contributed by atoms with E-state index in [4.69, 9.17) is 0 Å². The number of benzene rings is 2. The van der Waals surface area contributed by atoms with Gasteiger partial charge in [-0.15, -0.1) is 0 Å². The van der Waals surface area contributed by atoms with Crippen molar-refractivity contribution in [2.75, 3.05) is 37.6 Å². The van der Waals surface area contributed by atoms with Crippen LogP contribution in [0.4, 0.5) is 10.1 Å². The highest BCUT2D eigenvalue weighted by molar-refractivity contribution is 5.78. The Labute approximate surface area is 161 Å². The molecule has 3 rings (SSSR count). The summed E-state index contributed by atoms with van der Waals surface area (Å²) in [7, 11) is 0. The maximum Gasteiger partial charge on any atom is 0.234 e. The lowest BCUT2D eigenvalue weighted by Crippen LogP contribution is -2.49. The number of amides is 1. The van der Waals surface area contributed by atoms with Crippen molar-refractivity contribution in [3.8, 4) is 0 Å². The minimum Gasteiger partial charge on any atom is -0.369 e. The largest absolute Gasteiger partial charge is 0.369 e. The number of rotatable bonds is 6. The number of carbonyl (C=O) groups excluding carboxylic acids is 1. The molecule has 144 valence electrons. The molecule has 1 aliphatic rings. The molecule has 0 radical (unpaired) electrons. The number of aryl methyl sites for hydroxylation is 1. The number of nitrogens with zero attached hydrogens (tertiary/aromatic N) is 2. The van der Waals surface area contributed by atoms with Crippen molar-refractivity contribution in [2.45, 2.75) is 26.3 Å². The number of halogens is 1. The minimum atomic E-state index is -0.215. The maximum atomic E-state index is 13.1. The molecule has 0 spiro atoms. The molecule has 1 N–H and O–H groups in total. The third-order valence-electron chi connectivity index (χ3n) is 5.20. The van der Waals surface area contributed by atoms with Gasteiger partial charge in [-0.2, -0.15) is 0 Å². The van der Waals surface area contributed by atoms with E-state index in [2.05, 4.69) is 46.3 Å². The van der Waals surface area contributed by atoms with Crippen LogP contribution in [0.5, 0.6) is 0 Å². The Morgan fingerprint density at radius 3 is 2.26 bits per heavy atom. The molecule has 0 unspecified atom stereocenters. The van der Waals surface area contributed by atoms with Gasteiger partial charge < -0.3 is 10.2 Å². The summed E-state index contributed by atoms with van der Waals surface area (Å²) in [6.45, 7) is 7.89. The smallest absolute Gasteiger partial charge is 0.234 e. The summed E-state index contributed by atoms with van der Waals surface area (Å²) in [5.41, 5.74) is 3.46. The Kier molecular flexibility index (Phi) is 6.45. The molecule has 1 heterocycles. The summed E-state index contributed by atoms with van der Waals surface area (Å²) >= 11 is 0. The van der Waals surface area contributed by atoms with Gasteiger partial charge in [0, 0.05) is 31.9 Å². The predicted molar refractivity (Wildman–Crippen MR) is 107 cm³/mol. The van der Waals surface area contributed by atoms with Gasteiger partial charge in [-0.3, -0.25) is 9.69 Å². The molecule has 0 aliphatic carbocycles. The Balaban J connectivity index is 1.45. The van der Waals surface area contributed by atoms with Crippen LogP contribution in [0.15, 0.2) is 48.5 Å². The second-order valence-electron chi connectivity index (χ2n) is 7.12. The van der Waals surface area contributed by atoms with Gasteiger partial charge in [0.25, 0.3) is 0 Å². The van der Waals surface area contributed by atoms with E-state index in [0.717, 1.165) is 43.9 Å². The fraction of sp³-hybridized carbons (Fsp3) is 0.409. The van der Waals surface area contributed by atoms with Crippen molar-refractivity contribution < 1.29 is 9.18 Å². The molecule has 1 saturated heterocycles. The van der Waals surface area contributed by atoms with E-state index in [9.17, 15) is 9.18 Å². The van der Waals surface area contributed by atoms with Gasteiger partial charge >= 0.3 is 0 Å². The minimum absolute atomic E-state index is 0.00362. The summed E-state index contributed by atoms with van der Waals surface area (Å²) in [4.78, 5) is 16.8. The monoisotopic (exact) mass is 369 g/mol. The Bertz CT molecular complexity index is 737. The van der Waals surface area contributed by atoms with Crippen LogP contribution in [0, 0.1) is 5.82 Å². The first kappa shape index (κ1) is 19.4. The van der Waals surface area contributed by atoms with Gasteiger partial charge in [0.2, 0.25) is 5.91 Å². The standard InChI is InChI=1S/C22H28FN3O/c1-3-18-4-6-19(7-5-18)17(2)24-22(27)16-25-12-14-26(15-13-25)21-10-8-20(23)9-11-21/h4-11,17H,3,12-16H2,1-2H3,(H,24,27)/t17-/m0/s1. The van der Waals surface area contributed by atoms with E-state index in [1.54, 1.807) is 0 Å². The second-order valence-corrected chi connectivity index (χ2v) is 7.12. The van der Waals surface area contributed by atoms with Crippen LogP contribution in [0.1, 0.15) is 31.0 Å². The fourth-order valence-electron chi connectivity index (χ4n) is 3.43. The van der Waals surface area contributed by atoms with Crippen LogP contribution in [-0.4, -0.2) is 43.5 Å². The lowest BCUT2D eigenvalue weighted by Gasteiger charge is -2.35. The van der Waals surface area contributed by atoms with Crippen molar-refractivity contribution in [3.05, 3.63) is 65.5 Å². The van der Waals surface area contributed by atoms with Crippen molar-refractivity contribution in [1.29, 1.82) is 0 Å². The summed E-state index contributed by atoms with van der Waals surface area (Å²) in [6, 6.07) is 15.0. The maximum absolute atomic E-state index is 13.1. The highest BCUT2D eigenvalue weighted by atomic mass is 19.1. The lowest BCUT2D eigenvalue weighted by molar-refractivity contribution is -0.123. The number of hydrogen-bond acceptors (Lipinski definition) is 3. The van der Waals surface area contributed by atoms with Gasteiger partial charge in [0.1, 0.15) is 5.82 Å². The quantitative estimate of drug-likeness (QED) is 0.848. The average molecular weight is 369 g/mol. The van der Waals surface area contributed by atoms with E-state index in [0.29, 0.717) is 6.54 Å². The fourth-order valence-corrected chi connectivity index (χ4v) is 3.43. The number of piperazine rings is 1. The first-order chi connectivity index (χ1) is 13.0. The number of nitrogens with one attached hydrogen (secondary N) is 1. The SMILES string of the molecule is CCc1ccc([C@H](C)NC(=O)CN2CCN(c3ccc(F)cc3)CC2)cc1. The average Bonchev–Trinajstić information content (AvgIpc) is 2.69. The normalized spacial score (nSPS) is 16.2. The van der Waals surface area contributed by atoms with E-state index in [1.165, 1.54) is 17.7 Å². The molecule has 0 bridgehead atoms. The van der Waals surface area contributed by atoms with Crippen molar-refractivity contribution >= 4 is 11.6 Å². The van der Waals surface area contributed by atoms with Crippen LogP contribution >= 0.6 is 0 Å². The molecule has 1 aliphatic heterocycles. The molecule has 0 saturated carbocycles. The van der Waals surface area contributed by atoms with Crippen LogP contribution in [0.3, 0.4) is 0 Å². The molecule has 2 aromatic carbocycles. The molecule has 1 atom stereocenters. The van der Waals surface area contributed by atoms with Crippen molar-refractivity contribution in [3.63, 3.8) is 0 Å². The number of hydrogen-bond donors (Lipinski definition) is 1. The first-order valence-electron chi connectivity index (χ1n) is 9.66. The Hall–Kier alpha value is -2.40. The summed E-state index contributed by atoms with van der Waals surface area (Å²) in [5, 5.41) is 3.09. The van der Waals surface area contributed by atoms with Gasteiger partial charge in [0.15, 0.2) is 0 Å². The van der Waals surface area contributed by atoms with E-state index < -0.39 is 0 Å². The van der Waals surface area contributed by atoms with Crippen LogP contribution in [0.25, 0.3) is 0 Å². The van der Waals surface area contributed by atoms with Gasteiger partial charge in [-0.1, -0.05) is 31.2 Å². The summed E-state index contributed by atoms with van der Waals surface area (Å²) in [5.74, 6) is -0.162. The molecule has 1 amide bonds. The predicted octanol–water partition coefficient (Wildman–Crippen LogP) is 3.39. The molecule has 4 nitrogen and oxygen atoms in total.